The van der Waals surface area contributed by atoms with Crippen molar-refractivity contribution >= 4 is 11.9 Å². The lowest BCUT2D eigenvalue weighted by Crippen LogP contribution is -2.24. The molecule has 1 aromatic carbocycles. The summed E-state index contributed by atoms with van der Waals surface area (Å²) >= 11 is 0. The van der Waals surface area contributed by atoms with Crippen LogP contribution in [0.5, 0.6) is 0 Å². The number of ether oxygens (including phenoxy) is 1. The van der Waals surface area contributed by atoms with Crippen molar-refractivity contribution in [3.8, 4) is 0 Å². The summed E-state index contributed by atoms with van der Waals surface area (Å²) in [4.78, 5) is 23.1. The van der Waals surface area contributed by atoms with Crippen molar-refractivity contribution in [2.24, 2.45) is 0 Å². The Morgan fingerprint density at radius 3 is 2.53 bits per heavy atom. The van der Waals surface area contributed by atoms with Crippen LogP contribution in [0.4, 0.5) is 0 Å². The minimum Gasteiger partial charge on any atom is -0.456 e. The molecule has 0 fully saturated rings. The SMILES string of the molecule is CCC(=O)NCc1cccc(C(=O)OC(C)(C)C)c1. The molecule has 1 aromatic rings. The van der Waals surface area contributed by atoms with E-state index in [-0.39, 0.29) is 11.9 Å². The van der Waals surface area contributed by atoms with Crippen LogP contribution in [0.15, 0.2) is 24.3 Å². The van der Waals surface area contributed by atoms with E-state index in [0.29, 0.717) is 18.5 Å². The number of carbonyl (C=O) groups excluding carboxylic acids is 2. The normalized spacial score (nSPS) is 10.9. The molecular weight excluding hydrogens is 242 g/mol. The first-order chi connectivity index (χ1) is 8.81. The van der Waals surface area contributed by atoms with E-state index in [1.54, 1.807) is 25.1 Å². The van der Waals surface area contributed by atoms with Crippen LogP contribution in [0.2, 0.25) is 0 Å². The summed E-state index contributed by atoms with van der Waals surface area (Å²) < 4.78 is 5.30. The second kappa shape index (κ2) is 6.36. The predicted octanol–water partition coefficient (Wildman–Crippen LogP) is 2.67. The number of hydrogen-bond acceptors (Lipinski definition) is 3. The molecule has 19 heavy (non-hydrogen) atoms. The maximum Gasteiger partial charge on any atom is 0.338 e. The van der Waals surface area contributed by atoms with Gasteiger partial charge in [0.2, 0.25) is 5.91 Å². The second-order valence-corrected chi connectivity index (χ2v) is 5.33. The predicted molar refractivity (Wildman–Crippen MR) is 73.7 cm³/mol. The lowest BCUT2D eigenvalue weighted by atomic mass is 10.1. The monoisotopic (exact) mass is 263 g/mol. The van der Waals surface area contributed by atoms with Gasteiger partial charge in [-0.05, 0) is 38.5 Å². The van der Waals surface area contributed by atoms with Gasteiger partial charge in [-0.1, -0.05) is 19.1 Å². The summed E-state index contributed by atoms with van der Waals surface area (Å²) in [5.41, 5.74) is 0.868. The fourth-order valence-electron chi connectivity index (χ4n) is 1.47. The highest BCUT2D eigenvalue weighted by Gasteiger charge is 2.17. The molecule has 1 N–H and O–H groups in total. The molecule has 0 atom stereocenters. The van der Waals surface area contributed by atoms with Crippen LogP contribution >= 0.6 is 0 Å². The average Bonchev–Trinajstić information content (AvgIpc) is 2.34. The number of carbonyl (C=O) groups is 2. The zero-order valence-electron chi connectivity index (χ0n) is 11.9. The van der Waals surface area contributed by atoms with Gasteiger partial charge < -0.3 is 10.1 Å². The van der Waals surface area contributed by atoms with Gasteiger partial charge in [0.15, 0.2) is 0 Å². The fourth-order valence-corrected chi connectivity index (χ4v) is 1.47. The highest BCUT2D eigenvalue weighted by atomic mass is 16.6. The molecule has 0 bridgehead atoms. The molecule has 0 aliphatic rings. The Balaban J connectivity index is 2.71. The van der Waals surface area contributed by atoms with Crippen molar-refractivity contribution in [2.45, 2.75) is 46.3 Å². The first-order valence-corrected chi connectivity index (χ1v) is 6.41. The van der Waals surface area contributed by atoms with Crippen LogP contribution in [-0.4, -0.2) is 17.5 Å². The third kappa shape index (κ3) is 5.55. The van der Waals surface area contributed by atoms with Gasteiger partial charge in [0, 0.05) is 13.0 Å². The Kier molecular flexibility index (Phi) is 5.10. The van der Waals surface area contributed by atoms with Gasteiger partial charge in [-0.15, -0.1) is 0 Å². The first kappa shape index (κ1) is 15.2. The molecule has 0 unspecified atom stereocenters. The number of esters is 1. The topological polar surface area (TPSA) is 55.4 Å². The Hall–Kier alpha value is -1.84. The Morgan fingerprint density at radius 1 is 1.26 bits per heavy atom. The quantitative estimate of drug-likeness (QED) is 0.850. The van der Waals surface area contributed by atoms with Crippen molar-refractivity contribution in [1.82, 2.24) is 5.32 Å². The standard InChI is InChI=1S/C15H21NO3/c1-5-13(17)16-10-11-7-6-8-12(9-11)14(18)19-15(2,3)4/h6-9H,5,10H2,1-4H3,(H,16,17). The molecule has 0 aliphatic carbocycles. The van der Waals surface area contributed by atoms with Gasteiger partial charge in [-0.2, -0.15) is 0 Å². The van der Waals surface area contributed by atoms with Crippen LogP contribution in [-0.2, 0) is 16.1 Å². The lowest BCUT2D eigenvalue weighted by Gasteiger charge is -2.19. The third-order valence-electron chi connectivity index (χ3n) is 2.37. The Labute approximate surface area is 114 Å². The maximum atomic E-state index is 11.9. The van der Waals surface area contributed by atoms with Crippen LogP contribution < -0.4 is 5.32 Å². The van der Waals surface area contributed by atoms with Crippen molar-refractivity contribution in [3.63, 3.8) is 0 Å². The molecule has 0 spiro atoms. The molecule has 104 valence electrons. The molecule has 0 aromatic heterocycles. The van der Waals surface area contributed by atoms with Crippen LogP contribution in [0.1, 0.15) is 50.0 Å². The van der Waals surface area contributed by atoms with Crippen LogP contribution in [0, 0.1) is 0 Å². The number of benzene rings is 1. The fraction of sp³-hybridized carbons (Fsp3) is 0.467. The summed E-state index contributed by atoms with van der Waals surface area (Å²) in [6, 6.07) is 7.10. The van der Waals surface area contributed by atoms with Crippen molar-refractivity contribution < 1.29 is 14.3 Å². The summed E-state index contributed by atoms with van der Waals surface area (Å²) in [6.07, 6.45) is 0.450. The minimum absolute atomic E-state index is 0.0114. The van der Waals surface area contributed by atoms with Crippen molar-refractivity contribution in [2.75, 3.05) is 0 Å². The molecular formula is C15H21NO3. The molecule has 0 saturated heterocycles. The van der Waals surface area contributed by atoms with E-state index in [1.807, 2.05) is 26.8 Å². The maximum absolute atomic E-state index is 11.9. The number of hydrogen-bond donors (Lipinski definition) is 1. The van der Waals surface area contributed by atoms with E-state index < -0.39 is 5.60 Å². The third-order valence-corrected chi connectivity index (χ3v) is 2.37. The largest absolute Gasteiger partial charge is 0.456 e. The Bertz CT molecular complexity index is 461. The van der Waals surface area contributed by atoms with E-state index in [2.05, 4.69) is 5.32 Å². The number of rotatable bonds is 4. The minimum atomic E-state index is -0.510. The summed E-state index contributed by atoms with van der Waals surface area (Å²) in [7, 11) is 0. The van der Waals surface area contributed by atoms with E-state index in [1.165, 1.54) is 0 Å². The average molecular weight is 263 g/mol. The summed E-state index contributed by atoms with van der Waals surface area (Å²) in [5, 5.41) is 2.77. The van der Waals surface area contributed by atoms with Crippen LogP contribution in [0.3, 0.4) is 0 Å². The molecule has 0 heterocycles. The van der Waals surface area contributed by atoms with E-state index in [4.69, 9.17) is 4.74 Å². The summed E-state index contributed by atoms with van der Waals surface area (Å²) in [6.45, 7) is 7.71. The smallest absolute Gasteiger partial charge is 0.338 e. The van der Waals surface area contributed by atoms with Gasteiger partial charge in [-0.3, -0.25) is 4.79 Å². The Morgan fingerprint density at radius 2 is 1.95 bits per heavy atom. The lowest BCUT2D eigenvalue weighted by molar-refractivity contribution is -0.120. The van der Waals surface area contributed by atoms with Crippen LogP contribution in [0.25, 0.3) is 0 Å². The zero-order chi connectivity index (χ0) is 14.5. The van der Waals surface area contributed by atoms with E-state index in [9.17, 15) is 9.59 Å². The molecule has 0 saturated carbocycles. The molecule has 4 heteroatoms. The highest BCUT2D eigenvalue weighted by molar-refractivity contribution is 5.89. The number of amides is 1. The van der Waals surface area contributed by atoms with E-state index in [0.717, 1.165) is 5.56 Å². The van der Waals surface area contributed by atoms with Gasteiger partial charge >= 0.3 is 5.97 Å². The molecule has 4 nitrogen and oxygen atoms in total. The van der Waals surface area contributed by atoms with Gasteiger partial charge in [0.25, 0.3) is 0 Å². The molecule has 0 aliphatic heterocycles. The van der Waals surface area contributed by atoms with Crippen molar-refractivity contribution in [1.29, 1.82) is 0 Å². The summed E-state index contributed by atoms with van der Waals surface area (Å²) in [5.74, 6) is -0.362. The van der Waals surface area contributed by atoms with Gasteiger partial charge in [0.05, 0.1) is 5.56 Å². The van der Waals surface area contributed by atoms with E-state index >= 15 is 0 Å². The molecule has 1 amide bonds. The zero-order valence-corrected chi connectivity index (χ0v) is 11.9. The van der Waals surface area contributed by atoms with Gasteiger partial charge in [0.1, 0.15) is 5.60 Å². The molecule has 1 rings (SSSR count). The highest BCUT2D eigenvalue weighted by Crippen LogP contribution is 2.13. The second-order valence-electron chi connectivity index (χ2n) is 5.33. The van der Waals surface area contributed by atoms with Crippen molar-refractivity contribution in [3.05, 3.63) is 35.4 Å². The first-order valence-electron chi connectivity index (χ1n) is 6.41. The number of nitrogens with one attached hydrogen (secondary N) is 1. The van der Waals surface area contributed by atoms with Gasteiger partial charge in [-0.25, -0.2) is 4.79 Å². The molecule has 0 radical (unpaired) electrons.